The molecule has 6 heteroatoms. The molecule has 1 aliphatic carbocycles. The van der Waals surface area contributed by atoms with Crippen LogP contribution in [0.15, 0.2) is 69.8 Å². The van der Waals surface area contributed by atoms with Crippen molar-refractivity contribution >= 4 is 33.5 Å². The predicted molar refractivity (Wildman–Crippen MR) is 112 cm³/mol. The van der Waals surface area contributed by atoms with Crippen LogP contribution in [0, 0.1) is 17.8 Å². The molecule has 0 bridgehead atoms. The van der Waals surface area contributed by atoms with E-state index in [0.29, 0.717) is 16.9 Å². The zero-order valence-corrected chi connectivity index (χ0v) is 17.9. The number of Topliss-reactive ketones (excluding diaryl/α,β-unsaturated/α-hetero) is 2. The highest BCUT2D eigenvalue weighted by Crippen LogP contribution is 2.79. The Morgan fingerprint density at radius 1 is 1.03 bits per heavy atom. The van der Waals surface area contributed by atoms with Gasteiger partial charge in [0.05, 0.1) is 11.7 Å². The molecule has 30 heavy (non-hydrogen) atoms. The van der Waals surface area contributed by atoms with Gasteiger partial charge in [0.25, 0.3) is 0 Å². The molecule has 2 heterocycles. The molecule has 1 fully saturated rings. The second kappa shape index (κ2) is 6.25. The van der Waals surface area contributed by atoms with E-state index in [0.717, 1.165) is 10.0 Å². The summed E-state index contributed by atoms with van der Waals surface area (Å²) in [5.41, 5.74) is -0.837. The minimum absolute atomic E-state index is 0.0378. The van der Waals surface area contributed by atoms with Crippen molar-refractivity contribution < 1.29 is 23.5 Å². The van der Waals surface area contributed by atoms with Crippen LogP contribution in [0.4, 0.5) is 0 Å². The number of ketones is 2. The maximum atomic E-state index is 13.7. The average Bonchev–Trinajstić information content (AvgIpc) is 3.04. The molecule has 0 unspecified atom stereocenters. The van der Waals surface area contributed by atoms with Crippen molar-refractivity contribution in [3.63, 3.8) is 0 Å². The molecule has 1 saturated carbocycles. The number of fused-ring (bicyclic) bond motifs is 3. The van der Waals surface area contributed by atoms with Crippen LogP contribution in [0.5, 0.6) is 5.75 Å². The van der Waals surface area contributed by atoms with Crippen LogP contribution < -0.4 is 4.74 Å². The zero-order chi connectivity index (χ0) is 21.3. The maximum absolute atomic E-state index is 13.7. The first kappa shape index (κ1) is 19.0. The Labute approximate surface area is 181 Å². The largest absolute Gasteiger partial charge is 0.461 e. The molecule has 1 aliphatic heterocycles. The number of hydrogen-bond donors (Lipinski definition) is 0. The number of esters is 1. The van der Waals surface area contributed by atoms with Gasteiger partial charge in [-0.05, 0) is 37.3 Å². The van der Waals surface area contributed by atoms with Crippen LogP contribution in [-0.2, 0) is 4.79 Å². The highest BCUT2D eigenvalue weighted by atomic mass is 79.9. The quantitative estimate of drug-likeness (QED) is 0.231. The number of halogens is 1. The van der Waals surface area contributed by atoms with Crippen LogP contribution in [-0.4, -0.2) is 17.5 Å². The maximum Gasteiger partial charge on any atom is 0.327 e. The summed E-state index contributed by atoms with van der Waals surface area (Å²) in [5, 5.41) is 0. The fourth-order valence-electron chi connectivity index (χ4n) is 4.89. The van der Waals surface area contributed by atoms with E-state index in [1.165, 1.54) is 12.3 Å². The first-order chi connectivity index (χ1) is 14.3. The van der Waals surface area contributed by atoms with Crippen molar-refractivity contribution in [2.24, 2.45) is 10.8 Å². The van der Waals surface area contributed by atoms with Crippen LogP contribution in [0.25, 0.3) is 0 Å². The summed E-state index contributed by atoms with van der Waals surface area (Å²) < 4.78 is 11.7. The summed E-state index contributed by atoms with van der Waals surface area (Å²) in [6.07, 6.45) is 1.37. The first-order valence-corrected chi connectivity index (χ1v) is 10.3. The number of carbonyl (C=O) groups is 3. The van der Waals surface area contributed by atoms with Crippen LogP contribution in [0.3, 0.4) is 0 Å². The predicted octanol–water partition coefficient (Wildman–Crippen LogP) is 5.13. The molecule has 0 radical (unpaired) electrons. The molecule has 0 amide bonds. The molecule has 5 nitrogen and oxygen atoms in total. The van der Waals surface area contributed by atoms with Crippen molar-refractivity contribution in [2.75, 3.05) is 0 Å². The van der Waals surface area contributed by atoms with E-state index in [4.69, 9.17) is 9.15 Å². The van der Waals surface area contributed by atoms with E-state index in [1.807, 2.05) is 25.1 Å². The smallest absolute Gasteiger partial charge is 0.327 e. The minimum atomic E-state index is -1.67. The van der Waals surface area contributed by atoms with Gasteiger partial charge in [-0.3, -0.25) is 14.4 Å². The minimum Gasteiger partial charge on any atom is -0.461 e. The van der Waals surface area contributed by atoms with Gasteiger partial charge in [0.15, 0.2) is 17.0 Å². The lowest BCUT2D eigenvalue weighted by Gasteiger charge is -2.22. The summed E-state index contributed by atoms with van der Waals surface area (Å²) in [4.78, 5) is 40.6. The summed E-state index contributed by atoms with van der Waals surface area (Å²) in [7, 11) is 0. The number of rotatable bonds is 4. The van der Waals surface area contributed by atoms with E-state index < -0.39 is 28.5 Å². The van der Waals surface area contributed by atoms with Gasteiger partial charge in [0.2, 0.25) is 5.78 Å². The lowest BCUT2D eigenvalue weighted by molar-refractivity contribution is -0.140. The second-order valence-corrected chi connectivity index (χ2v) is 8.93. The van der Waals surface area contributed by atoms with Crippen LogP contribution >= 0.6 is 15.9 Å². The van der Waals surface area contributed by atoms with Gasteiger partial charge < -0.3 is 9.15 Å². The highest BCUT2D eigenvalue weighted by molar-refractivity contribution is 9.10. The molecule has 3 aromatic rings. The molecule has 0 N–H and O–H groups in total. The van der Waals surface area contributed by atoms with Gasteiger partial charge in [0, 0.05) is 21.5 Å². The number of aryl methyl sites for hydroxylation is 1. The standard InChI is InChI=1S/C24H17BrO5/c1-13-5-7-14(8-6-13)20(26)23(2)19-16-12-15(25)9-10-17(16)30-22(28)24(19,23)21(27)18-4-3-11-29-18/h3-12,19H,1-2H3/t19-,23-,24-/m0/s1. The van der Waals surface area contributed by atoms with E-state index in [9.17, 15) is 14.4 Å². The molecule has 3 atom stereocenters. The normalized spacial score (nSPS) is 26.4. The van der Waals surface area contributed by atoms with E-state index >= 15 is 0 Å². The SMILES string of the molecule is Cc1ccc(C(=O)[C@]2(C)[C@@H]3c4cc(Br)ccc4OC(=O)[C@@]32C(=O)c2ccco2)cc1. The first-order valence-electron chi connectivity index (χ1n) is 9.53. The van der Waals surface area contributed by atoms with Crippen molar-refractivity contribution in [3.8, 4) is 5.75 Å². The fraction of sp³-hybridized carbons (Fsp3) is 0.208. The summed E-state index contributed by atoms with van der Waals surface area (Å²) in [6, 6.07) is 15.5. The third-order valence-electron chi connectivity index (χ3n) is 6.44. The number of ether oxygens (including phenoxy) is 1. The number of hydrogen-bond acceptors (Lipinski definition) is 5. The Hall–Kier alpha value is -2.99. The van der Waals surface area contributed by atoms with Gasteiger partial charge >= 0.3 is 5.97 Å². The molecule has 150 valence electrons. The van der Waals surface area contributed by atoms with Crippen LogP contribution in [0.2, 0.25) is 0 Å². The zero-order valence-electron chi connectivity index (χ0n) is 16.3. The lowest BCUT2D eigenvalue weighted by Crippen LogP contribution is -2.39. The lowest BCUT2D eigenvalue weighted by atomic mass is 9.83. The fourth-order valence-corrected chi connectivity index (χ4v) is 5.27. The molecule has 2 aliphatic rings. The van der Waals surface area contributed by atoms with Gasteiger partial charge in [-0.15, -0.1) is 0 Å². The third kappa shape index (κ3) is 2.25. The van der Waals surface area contributed by atoms with Gasteiger partial charge in [-0.1, -0.05) is 52.7 Å². The Balaban J connectivity index is 1.73. The van der Waals surface area contributed by atoms with Gasteiger partial charge in [-0.25, -0.2) is 0 Å². The highest BCUT2D eigenvalue weighted by Gasteiger charge is 2.88. The molecular weight excluding hydrogens is 448 g/mol. The Bertz CT molecular complexity index is 1210. The number of carbonyl (C=O) groups excluding carboxylic acids is 3. The van der Waals surface area contributed by atoms with E-state index in [-0.39, 0.29) is 11.5 Å². The monoisotopic (exact) mass is 464 g/mol. The summed E-state index contributed by atoms with van der Waals surface area (Å²) in [5.74, 6) is -1.75. The molecule has 0 saturated heterocycles. The molecule has 5 rings (SSSR count). The Kier molecular flexibility index (Phi) is 3.96. The molecule has 2 aromatic carbocycles. The Morgan fingerprint density at radius 2 is 1.77 bits per heavy atom. The third-order valence-corrected chi connectivity index (χ3v) is 6.94. The average molecular weight is 465 g/mol. The van der Waals surface area contributed by atoms with Crippen molar-refractivity contribution in [1.82, 2.24) is 0 Å². The van der Waals surface area contributed by atoms with Gasteiger partial charge in [-0.2, -0.15) is 0 Å². The number of benzene rings is 2. The van der Waals surface area contributed by atoms with Crippen LogP contribution in [0.1, 0.15) is 44.9 Å². The number of furan rings is 1. The molecule has 0 spiro atoms. The van der Waals surface area contributed by atoms with Crippen molar-refractivity contribution in [3.05, 3.63) is 87.8 Å². The topological polar surface area (TPSA) is 73.6 Å². The summed E-state index contributed by atoms with van der Waals surface area (Å²) >= 11 is 3.44. The molecular formula is C24H17BrO5. The van der Waals surface area contributed by atoms with E-state index in [1.54, 1.807) is 37.3 Å². The molecule has 1 aromatic heterocycles. The van der Waals surface area contributed by atoms with Gasteiger partial charge in [0.1, 0.15) is 5.75 Å². The van der Waals surface area contributed by atoms with E-state index in [2.05, 4.69) is 15.9 Å². The van der Waals surface area contributed by atoms with Crippen molar-refractivity contribution in [1.29, 1.82) is 0 Å². The second-order valence-electron chi connectivity index (χ2n) is 8.02. The van der Waals surface area contributed by atoms with Crippen molar-refractivity contribution in [2.45, 2.75) is 19.8 Å². The Morgan fingerprint density at radius 3 is 2.43 bits per heavy atom. The summed E-state index contributed by atoms with van der Waals surface area (Å²) in [6.45, 7) is 3.61.